The van der Waals surface area contributed by atoms with Gasteiger partial charge in [0, 0.05) is 19.6 Å². The Hall–Kier alpha value is -2.08. The number of ether oxygens (including phenoxy) is 3. The molecule has 1 aliphatic rings. The molecule has 5 nitrogen and oxygen atoms in total. The van der Waals surface area contributed by atoms with Crippen molar-refractivity contribution in [3.63, 3.8) is 0 Å². The van der Waals surface area contributed by atoms with Gasteiger partial charge in [-0.2, -0.15) is 0 Å². The Morgan fingerprint density at radius 3 is 2.41 bits per heavy atom. The smallest absolute Gasteiger partial charge is 0.231 e. The maximum atomic E-state index is 10.4. The van der Waals surface area contributed by atoms with Crippen LogP contribution in [0, 0.1) is 6.92 Å². The highest BCUT2D eigenvalue weighted by Gasteiger charge is 2.17. The van der Waals surface area contributed by atoms with Crippen molar-refractivity contribution in [1.82, 2.24) is 4.90 Å². The molecule has 0 aromatic heterocycles. The van der Waals surface area contributed by atoms with Crippen molar-refractivity contribution in [2.45, 2.75) is 46.1 Å². The molecular weight excluding hydrogens is 342 g/mol. The van der Waals surface area contributed by atoms with Crippen LogP contribution in [-0.4, -0.2) is 42.2 Å². The van der Waals surface area contributed by atoms with Gasteiger partial charge in [-0.05, 0) is 44.0 Å². The molecule has 0 amide bonds. The molecule has 0 radical (unpaired) electrons. The monoisotopic (exact) mass is 371 g/mol. The van der Waals surface area contributed by atoms with Gasteiger partial charge in [-0.3, -0.25) is 4.90 Å². The van der Waals surface area contributed by atoms with E-state index < -0.39 is 6.10 Å². The van der Waals surface area contributed by atoms with Crippen LogP contribution in [0.3, 0.4) is 0 Å². The van der Waals surface area contributed by atoms with Crippen LogP contribution < -0.4 is 9.47 Å². The van der Waals surface area contributed by atoms with E-state index in [-0.39, 0.29) is 12.9 Å². The average Bonchev–Trinajstić information content (AvgIpc) is 3.09. The molecule has 0 spiro atoms. The quantitative estimate of drug-likeness (QED) is 0.731. The van der Waals surface area contributed by atoms with Crippen molar-refractivity contribution in [1.29, 1.82) is 0 Å². The van der Waals surface area contributed by atoms with Crippen LogP contribution in [0.2, 0.25) is 0 Å². The summed E-state index contributed by atoms with van der Waals surface area (Å²) >= 11 is 0. The van der Waals surface area contributed by atoms with Crippen molar-refractivity contribution >= 4 is 0 Å². The van der Waals surface area contributed by atoms with Gasteiger partial charge in [0.25, 0.3) is 0 Å². The Morgan fingerprint density at radius 2 is 1.67 bits per heavy atom. The molecule has 5 heteroatoms. The second-order valence-electron chi connectivity index (χ2n) is 7.38. The standard InChI is InChI=1S/C22H29NO4/c1-16(2)25-14-20(24)13-23(11-18-6-4-17(3)5-7-18)12-19-8-9-21-22(10-19)27-15-26-21/h4-10,16,20,24H,11-15H2,1-3H3/t20-/m1/s1. The first-order valence-electron chi connectivity index (χ1n) is 9.45. The summed E-state index contributed by atoms with van der Waals surface area (Å²) in [6.07, 6.45) is -0.425. The van der Waals surface area contributed by atoms with Gasteiger partial charge >= 0.3 is 0 Å². The highest BCUT2D eigenvalue weighted by Crippen LogP contribution is 2.33. The normalized spacial score (nSPS) is 14.1. The summed E-state index contributed by atoms with van der Waals surface area (Å²) in [5.74, 6) is 1.57. The van der Waals surface area contributed by atoms with Crippen molar-refractivity contribution in [2.24, 2.45) is 0 Å². The summed E-state index contributed by atoms with van der Waals surface area (Å²) in [7, 11) is 0. The molecular formula is C22H29NO4. The van der Waals surface area contributed by atoms with Crippen LogP contribution in [-0.2, 0) is 17.8 Å². The Morgan fingerprint density at radius 1 is 1.00 bits per heavy atom. The second-order valence-corrected chi connectivity index (χ2v) is 7.38. The molecule has 0 fully saturated rings. The predicted octanol–water partition coefficient (Wildman–Crippen LogP) is 3.51. The molecule has 3 rings (SSSR count). The lowest BCUT2D eigenvalue weighted by atomic mass is 10.1. The summed E-state index contributed by atoms with van der Waals surface area (Å²) in [4.78, 5) is 2.23. The van der Waals surface area contributed by atoms with Gasteiger partial charge in [-0.1, -0.05) is 35.9 Å². The third kappa shape index (κ3) is 5.96. The zero-order valence-electron chi connectivity index (χ0n) is 16.4. The number of nitrogens with zero attached hydrogens (tertiary/aromatic N) is 1. The molecule has 0 aliphatic carbocycles. The topological polar surface area (TPSA) is 51.2 Å². The van der Waals surface area contributed by atoms with Crippen LogP contribution in [0.4, 0.5) is 0 Å². The van der Waals surface area contributed by atoms with Crippen LogP contribution in [0.1, 0.15) is 30.5 Å². The largest absolute Gasteiger partial charge is 0.454 e. The van der Waals surface area contributed by atoms with E-state index in [0.717, 1.165) is 23.6 Å². The van der Waals surface area contributed by atoms with E-state index in [1.54, 1.807) is 0 Å². The molecule has 0 unspecified atom stereocenters. The zero-order valence-corrected chi connectivity index (χ0v) is 16.4. The minimum absolute atomic E-state index is 0.110. The summed E-state index contributed by atoms with van der Waals surface area (Å²) < 4.78 is 16.4. The van der Waals surface area contributed by atoms with Crippen LogP contribution in [0.15, 0.2) is 42.5 Å². The predicted molar refractivity (Wildman–Crippen MR) is 105 cm³/mol. The lowest BCUT2D eigenvalue weighted by Crippen LogP contribution is -2.34. The van der Waals surface area contributed by atoms with Crippen LogP contribution >= 0.6 is 0 Å². The summed E-state index contributed by atoms with van der Waals surface area (Å²) in [5.41, 5.74) is 3.59. The van der Waals surface area contributed by atoms with Gasteiger partial charge < -0.3 is 19.3 Å². The number of aliphatic hydroxyl groups excluding tert-OH is 1. The van der Waals surface area contributed by atoms with E-state index in [4.69, 9.17) is 14.2 Å². The summed E-state index contributed by atoms with van der Waals surface area (Å²) in [6.45, 7) is 8.65. The fourth-order valence-corrected chi connectivity index (χ4v) is 3.09. The van der Waals surface area contributed by atoms with Crippen LogP contribution in [0.25, 0.3) is 0 Å². The molecule has 1 aliphatic heterocycles. The third-order valence-electron chi connectivity index (χ3n) is 4.46. The molecule has 0 bridgehead atoms. The number of rotatable bonds is 9. The minimum Gasteiger partial charge on any atom is -0.454 e. The van der Waals surface area contributed by atoms with Crippen molar-refractivity contribution < 1.29 is 19.3 Å². The third-order valence-corrected chi connectivity index (χ3v) is 4.46. The van der Waals surface area contributed by atoms with E-state index in [0.29, 0.717) is 19.7 Å². The van der Waals surface area contributed by atoms with Crippen LogP contribution in [0.5, 0.6) is 11.5 Å². The van der Waals surface area contributed by atoms with Gasteiger partial charge in [-0.25, -0.2) is 0 Å². The number of benzene rings is 2. The summed E-state index contributed by atoms with van der Waals surface area (Å²) in [5, 5.41) is 10.4. The summed E-state index contributed by atoms with van der Waals surface area (Å²) in [6, 6.07) is 14.5. The molecule has 1 atom stereocenters. The van der Waals surface area contributed by atoms with Crippen molar-refractivity contribution in [3.8, 4) is 11.5 Å². The molecule has 2 aromatic rings. The number of aliphatic hydroxyl groups is 1. The van der Waals surface area contributed by atoms with E-state index >= 15 is 0 Å². The molecule has 146 valence electrons. The fourth-order valence-electron chi connectivity index (χ4n) is 3.09. The molecule has 1 heterocycles. The Balaban J connectivity index is 1.69. The highest BCUT2D eigenvalue weighted by molar-refractivity contribution is 5.44. The average molecular weight is 371 g/mol. The molecule has 1 N–H and O–H groups in total. The lowest BCUT2D eigenvalue weighted by Gasteiger charge is -2.26. The van der Waals surface area contributed by atoms with E-state index in [9.17, 15) is 5.11 Å². The van der Waals surface area contributed by atoms with Crippen molar-refractivity contribution in [2.75, 3.05) is 19.9 Å². The maximum Gasteiger partial charge on any atom is 0.231 e. The van der Waals surface area contributed by atoms with E-state index in [1.165, 1.54) is 11.1 Å². The first-order valence-corrected chi connectivity index (χ1v) is 9.45. The van der Waals surface area contributed by atoms with Gasteiger partial charge in [0.2, 0.25) is 6.79 Å². The van der Waals surface area contributed by atoms with E-state index in [1.807, 2.05) is 32.0 Å². The number of hydrogen-bond donors (Lipinski definition) is 1. The van der Waals surface area contributed by atoms with Gasteiger partial charge in [0.05, 0.1) is 18.8 Å². The second kappa shape index (κ2) is 9.22. The Bertz CT molecular complexity index is 730. The SMILES string of the molecule is Cc1ccc(CN(Cc2ccc3c(c2)OCO3)C[C@@H](O)COC(C)C)cc1. The molecule has 0 saturated carbocycles. The first-order chi connectivity index (χ1) is 13.0. The molecule has 27 heavy (non-hydrogen) atoms. The number of aryl methyl sites for hydroxylation is 1. The minimum atomic E-state index is -0.535. The van der Waals surface area contributed by atoms with Gasteiger partial charge in [-0.15, -0.1) is 0 Å². The van der Waals surface area contributed by atoms with Crippen molar-refractivity contribution in [3.05, 3.63) is 59.2 Å². The first kappa shape index (κ1) is 19.7. The lowest BCUT2D eigenvalue weighted by molar-refractivity contribution is -0.0106. The Kier molecular flexibility index (Phi) is 6.72. The number of hydrogen-bond acceptors (Lipinski definition) is 5. The number of fused-ring (bicyclic) bond motifs is 1. The highest BCUT2D eigenvalue weighted by atomic mass is 16.7. The van der Waals surface area contributed by atoms with Gasteiger partial charge in [0.15, 0.2) is 11.5 Å². The molecule has 2 aromatic carbocycles. The zero-order chi connectivity index (χ0) is 19.2. The maximum absolute atomic E-state index is 10.4. The Labute approximate surface area is 161 Å². The fraction of sp³-hybridized carbons (Fsp3) is 0.455. The van der Waals surface area contributed by atoms with Gasteiger partial charge in [0.1, 0.15) is 0 Å². The van der Waals surface area contributed by atoms with E-state index in [2.05, 4.69) is 36.1 Å². The molecule has 0 saturated heterocycles.